The van der Waals surface area contributed by atoms with Crippen LogP contribution in [0.2, 0.25) is 0 Å². The van der Waals surface area contributed by atoms with Crippen molar-refractivity contribution in [2.45, 2.75) is 28.3 Å². The summed E-state index contributed by atoms with van der Waals surface area (Å²) in [6.45, 7) is -0.435. The van der Waals surface area contributed by atoms with Gasteiger partial charge in [-0.25, -0.2) is 0 Å². The summed E-state index contributed by atoms with van der Waals surface area (Å²) in [5.41, 5.74) is 0.892. The molecule has 4 atom stereocenters. The van der Waals surface area contributed by atoms with E-state index in [2.05, 4.69) is 0 Å². The first-order valence-electron chi connectivity index (χ1n) is 6.63. The molecule has 0 saturated carbocycles. The molecule has 112 valence electrons. The van der Waals surface area contributed by atoms with Crippen LogP contribution in [0.5, 0.6) is 0 Å². The van der Waals surface area contributed by atoms with Gasteiger partial charge in [0.1, 0.15) is 0 Å². The van der Waals surface area contributed by atoms with Gasteiger partial charge in [0, 0.05) is 13.5 Å². The molecule has 4 fully saturated rings. The molecule has 1 aliphatic carbocycles. The molecule has 0 radical (unpaired) electrons. The number of rotatable bonds is 1. The molecule has 0 aromatic heterocycles. The van der Waals surface area contributed by atoms with Crippen molar-refractivity contribution in [1.82, 2.24) is 9.80 Å². The van der Waals surface area contributed by atoms with E-state index < -0.39 is 28.5 Å². The normalized spacial score (nSPS) is 44.0. The zero-order chi connectivity index (χ0) is 15.0. The number of hydrogen-bond donors (Lipinski definition) is 2. The minimum atomic E-state index is -1.28. The molecule has 4 saturated heterocycles. The standard InChI is InChI=1S/C13H14N2O4S2/c1-14-10(18)12-5-7-3-2-4-8(17)9(7)15(12)11(19)13(14,6-16)21-20-12/h2-4,8-9,16-17H,5-6H2,1H3/t8?,9?,12-,13-/m1/s1. The zero-order valence-electron chi connectivity index (χ0n) is 11.2. The van der Waals surface area contributed by atoms with E-state index in [1.807, 2.05) is 6.08 Å². The van der Waals surface area contributed by atoms with Gasteiger partial charge in [0.05, 0.1) is 18.8 Å². The number of carbonyl (C=O) groups is 2. The van der Waals surface area contributed by atoms with E-state index in [9.17, 15) is 19.8 Å². The second-order valence-corrected chi connectivity index (χ2v) is 8.36. The van der Waals surface area contributed by atoms with Crippen molar-refractivity contribution in [3.05, 3.63) is 23.8 Å². The molecule has 4 heterocycles. The predicted octanol–water partition coefficient (Wildman–Crippen LogP) is -0.304. The van der Waals surface area contributed by atoms with Crippen LogP contribution >= 0.6 is 21.6 Å². The summed E-state index contributed by atoms with van der Waals surface area (Å²) in [5, 5.41) is 20.0. The summed E-state index contributed by atoms with van der Waals surface area (Å²) in [6.07, 6.45) is 4.87. The lowest BCUT2D eigenvalue weighted by atomic mass is 9.97. The van der Waals surface area contributed by atoms with Crippen LogP contribution in [0.3, 0.4) is 0 Å². The zero-order valence-corrected chi connectivity index (χ0v) is 12.9. The molecule has 21 heavy (non-hydrogen) atoms. The predicted molar refractivity (Wildman–Crippen MR) is 79.0 cm³/mol. The number of aliphatic hydroxyl groups excluding tert-OH is 2. The molecule has 4 aliphatic heterocycles. The van der Waals surface area contributed by atoms with Gasteiger partial charge in [-0.15, -0.1) is 0 Å². The quantitative estimate of drug-likeness (QED) is 0.644. The third kappa shape index (κ3) is 1.35. The van der Waals surface area contributed by atoms with Crippen LogP contribution in [0.25, 0.3) is 0 Å². The number of carbonyl (C=O) groups excluding carboxylic acids is 2. The number of hydrogen-bond acceptors (Lipinski definition) is 6. The Balaban J connectivity index is 1.90. The molecule has 2 amide bonds. The van der Waals surface area contributed by atoms with Gasteiger partial charge in [0.2, 0.25) is 4.87 Å². The molecule has 1 spiro atoms. The topological polar surface area (TPSA) is 81.1 Å². The van der Waals surface area contributed by atoms with Crippen molar-refractivity contribution in [1.29, 1.82) is 0 Å². The first kappa shape index (κ1) is 13.7. The Bertz CT molecular complexity index is 621. The Morgan fingerprint density at radius 1 is 1.38 bits per heavy atom. The summed E-state index contributed by atoms with van der Waals surface area (Å²) in [4.78, 5) is 26.4. The average molecular weight is 326 g/mol. The summed E-state index contributed by atoms with van der Waals surface area (Å²) >= 11 is 0. The average Bonchev–Trinajstić information content (AvgIpc) is 2.83. The second kappa shape index (κ2) is 4.07. The van der Waals surface area contributed by atoms with Crippen LogP contribution in [0.4, 0.5) is 0 Å². The number of likely N-dealkylation sites (N-methyl/N-ethyl adjacent to an activating group) is 1. The monoisotopic (exact) mass is 326 g/mol. The molecule has 8 heteroatoms. The van der Waals surface area contributed by atoms with Gasteiger partial charge in [-0.3, -0.25) is 9.59 Å². The van der Waals surface area contributed by atoms with Gasteiger partial charge in [-0.2, -0.15) is 0 Å². The Morgan fingerprint density at radius 3 is 2.86 bits per heavy atom. The van der Waals surface area contributed by atoms with Gasteiger partial charge >= 0.3 is 0 Å². The second-order valence-electron chi connectivity index (χ2n) is 5.67. The van der Waals surface area contributed by atoms with Gasteiger partial charge < -0.3 is 20.0 Å². The highest BCUT2D eigenvalue weighted by Crippen LogP contribution is 2.64. The first-order valence-corrected chi connectivity index (χ1v) is 8.78. The summed E-state index contributed by atoms with van der Waals surface area (Å²) < 4.78 is 0. The minimum Gasteiger partial charge on any atom is -0.392 e. The summed E-state index contributed by atoms with van der Waals surface area (Å²) in [7, 11) is 4.14. The highest BCUT2D eigenvalue weighted by molar-refractivity contribution is 8.78. The smallest absolute Gasteiger partial charge is 0.264 e. The first-order chi connectivity index (χ1) is 9.98. The highest BCUT2D eigenvalue weighted by atomic mass is 33.1. The number of amides is 2. The lowest BCUT2D eigenvalue weighted by Crippen LogP contribution is -2.77. The van der Waals surface area contributed by atoms with Crippen LogP contribution in [0.1, 0.15) is 6.42 Å². The molecule has 5 aliphatic rings. The van der Waals surface area contributed by atoms with E-state index in [1.54, 1.807) is 19.2 Å². The van der Waals surface area contributed by atoms with E-state index in [0.29, 0.717) is 6.42 Å². The Hall–Kier alpha value is -0.960. The van der Waals surface area contributed by atoms with E-state index >= 15 is 0 Å². The third-order valence-corrected chi connectivity index (χ3v) is 8.33. The van der Waals surface area contributed by atoms with Crippen molar-refractivity contribution in [2.24, 2.45) is 0 Å². The largest absolute Gasteiger partial charge is 0.392 e. The molecule has 6 nitrogen and oxygen atoms in total. The number of allylic oxidation sites excluding steroid dienone is 2. The van der Waals surface area contributed by atoms with Gasteiger partial charge in [0.25, 0.3) is 11.8 Å². The molecular weight excluding hydrogens is 312 g/mol. The van der Waals surface area contributed by atoms with Crippen molar-refractivity contribution < 1.29 is 19.8 Å². The molecular formula is C13H14N2O4S2. The maximum Gasteiger partial charge on any atom is 0.264 e. The molecule has 0 aromatic rings. The molecule has 2 unspecified atom stereocenters. The highest BCUT2D eigenvalue weighted by Gasteiger charge is 2.73. The maximum atomic E-state index is 12.9. The van der Waals surface area contributed by atoms with Crippen LogP contribution < -0.4 is 0 Å². The Morgan fingerprint density at radius 2 is 2.14 bits per heavy atom. The van der Waals surface area contributed by atoms with Crippen molar-refractivity contribution in [3.63, 3.8) is 0 Å². The lowest BCUT2D eigenvalue weighted by Gasteiger charge is -2.58. The lowest BCUT2D eigenvalue weighted by molar-refractivity contribution is -0.168. The number of fused-ring (bicyclic) bond motifs is 3. The fraction of sp³-hybridized carbons (Fsp3) is 0.538. The van der Waals surface area contributed by atoms with Crippen LogP contribution in [0.15, 0.2) is 23.8 Å². The van der Waals surface area contributed by atoms with E-state index in [1.165, 1.54) is 31.4 Å². The Kier molecular flexibility index (Phi) is 2.65. The number of nitrogens with zero attached hydrogens (tertiary/aromatic N) is 2. The molecule has 2 bridgehead atoms. The number of piperazine rings is 1. The van der Waals surface area contributed by atoms with Crippen molar-refractivity contribution in [2.75, 3.05) is 13.7 Å². The molecule has 5 rings (SSSR count). The van der Waals surface area contributed by atoms with Gasteiger partial charge in [0.15, 0.2) is 4.87 Å². The summed E-state index contributed by atoms with van der Waals surface area (Å²) in [5.74, 6) is -0.471. The fourth-order valence-corrected chi connectivity index (χ4v) is 7.12. The SMILES string of the molecule is CN1C(=O)[C@]23CC4=CC=CC(O)C4N2C(=O)[C@@]1(CO)SS3. The van der Waals surface area contributed by atoms with Crippen molar-refractivity contribution >= 4 is 33.4 Å². The van der Waals surface area contributed by atoms with E-state index in [4.69, 9.17) is 0 Å². The maximum absolute atomic E-state index is 12.9. The number of aliphatic hydroxyl groups is 2. The minimum absolute atomic E-state index is 0.178. The van der Waals surface area contributed by atoms with Crippen LogP contribution in [-0.2, 0) is 9.59 Å². The molecule has 2 N–H and O–H groups in total. The van der Waals surface area contributed by atoms with Gasteiger partial charge in [-0.05, 0) is 16.4 Å². The Labute approximate surface area is 129 Å². The van der Waals surface area contributed by atoms with Crippen LogP contribution in [0, 0.1) is 0 Å². The van der Waals surface area contributed by atoms with Crippen molar-refractivity contribution in [3.8, 4) is 0 Å². The van der Waals surface area contributed by atoms with Crippen LogP contribution in [-0.4, -0.2) is 67.4 Å². The van der Waals surface area contributed by atoms with E-state index in [0.717, 1.165) is 5.57 Å². The third-order valence-electron chi connectivity index (χ3n) is 4.70. The fourth-order valence-electron chi connectivity index (χ4n) is 3.55. The van der Waals surface area contributed by atoms with E-state index in [-0.39, 0.29) is 11.8 Å². The summed E-state index contributed by atoms with van der Waals surface area (Å²) in [6, 6.07) is -0.500. The van der Waals surface area contributed by atoms with Gasteiger partial charge in [-0.1, -0.05) is 29.0 Å². The molecule has 0 aromatic carbocycles.